The van der Waals surface area contributed by atoms with Gasteiger partial charge in [0, 0.05) is 12.5 Å². The Balaban J connectivity index is 1.59. The molecule has 16 nitrogen and oxygen atoms in total. The van der Waals surface area contributed by atoms with Gasteiger partial charge in [-0.1, -0.05) is 48.5 Å². The Bertz CT molecular complexity index is 1920. The number of hydrogen-bond donors (Lipinski definition) is 1. The Morgan fingerprint density at radius 2 is 1.53 bits per heavy atom. The van der Waals surface area contributed by atoms with Gasteiger partial charge in [0.1, 0.15) is 25.6 Å². The smallest absolute Gasteiger partial charge is 0.303 e. The second kappa shape index (κ2) is 13.8. The van der Waals surface area contributed by atoms with Crippen molar-refractivity contribution in [3.63, 3.8) is 0 Å². The summed E-state index contributed by atoms with van der Waals surface area (Å²) in [5.41, 5.74) is -0.663. The van der Waals surface area contributed by atoms with Crippen LogP contribution in [0, 0.1) is 0 Å². The molecule has 250 valence electrons. The van der Waals surface area contributed by atoms with Crippen LogP contribution < -0.4 is 5.32 Å². The summed E-state index contributed by atoms with van der Waals surface area (Å²) in [4.78, 5) is 38.2. The molecule has 1 fully saturated rings. The van der Waals surface area contributed by atoms with Gasteiger partial charge in [0.2, 0.25) is 0 Å². The van der Waals surface area contributed by atoms with Crippen molar-refractivity contribution >= 4 is 49.1 Å². The van der Waals surface area contributed by atoms with E-state index in [2.05, 4.69) is 20.3 Å². The van der Waals surface area contributed by atoms with Gasteiger partial charge in [-0.25, -0.2) is 15.0 Å². The van der Waals surface area contributed by atoms with E-state index in [-0.39, 0.29) is 23.6 Å². The fourth-order valence-corrected chi connectivity index (χ4v) is 5.77. The van der Waals surface area contributed by atoms with Crippen molar-refractivity contribution in [3.05, 3.63) is 84.4 Å². The summed E-state index contributed by atoms with van der Waals surface area (Å²) in [6.07, 6.45) is 0.0155. The van der Waals surface area contributed by atoms with Crippen molar-refractivity contribution in [1.82, 2.24) is 19.5 Å². The standard InChI is InChI=1S/C29H31N5O11S2/c1-19(35)44-23-24(41-14-20-10-6-4-7-11-20)29(15-42-46(2,37)38,16-43-47(3,39)40)45-28(23)34-18-32-22-25(30-17-31-26(22)34)33-27(36)21-12-8-5-9-13-21/h4-13,17-18,23-24,28H,14-16H2,1-3H3,(H,30,31,33,36)/t23-,24+,28+/m0/s1. The van der Waals surface area contributed by atoms with Crippen LogP contribution in [0.5, 0.6) is 0 Å². The average molecular weight is 690 g/mol. The van der Waals surface area contributed by atoms with Crippen molar-refractivity contribution < 1.29 is 49.0 Å². The van der Waals surface area contributed by atoms with E-state index in [1.807, 2.05) is 0 Å². The summed E-state index contributed by atoms with van der Waals surface area (Å²) in [7, 11) is -8.22. The van der Waals surface area contributed by atoms with Gasteiger partial charge < -0.3 is 19.5 Å². The fraction of sp³-hybridized carbons (Fsp3) is 0.345. The van der Waals surface area contributed by atoms with Gasteiger partial charge >= 0.3 is 5.97 Å². The van der Waals surface area contributed by atoms with Crippen molar-refractivity contribution in [2.45, 2.75) is 37.6 Å². The van der Waals surface area contributed by atoms with E-state index in [9.17, 15) is 26.4 Å². The maximum Gasteiger partial charge on any atom is 0.303 e. The summed E-state index contributed by atoms with van der Waals surface area (Å²) in [5, 5.41) is 2.70. The van der Waals surface area contributed by atoms with Gasteiger partial charge in [-0.2, -0.15) is 16.8 Å². The van der Waals surface area contributed by atoms with Crippen LogP contribution in [0.2, 0.25) is 0 Å². The molecule has 3 atom stereocenters. The highest BCUT2D eigenvalue weighted by molar-refractivity contribution is 7.86. The Morgan fingerprint density at radius 3 is 2.13 bits per heavy atom. The molecule has 2 aromatic heterocycles. The predicted octanol–water partition coefficient (Wildman–Crippen LogP) is 1.82. The van der Waals surface area contributed by atoms with E-state index in [1.54, 1.807) is 60.7 Å². The first-order chi connectivity index (χ1) is 22.2. The SMILES string of the molecule is CC(=O)O[C@@H]1[C@H](n2cnc3c(NC(=O)c4ccccc4)ncnc32)OC(COS(C)(=O)=O)(COS(C)(=O)=O)[C@@H]1OCc1ccccc1. The van der Waals surface area contributed by atoms with Gasteiger partial charge in [-0.15, -0.1) is 0 Å². The minimum Gasteiger partial charge on any atom is -0.455 e. The average Bonchev–Trinajstić information content (AvgIpc) is 3.58. The monoisotopic (exact) mass is 689 g/mol. The lowest BCUT2D eigenvalue weighted by Gasteiger charge is -2.33. The predicted molar refractivity (Wildman–Crippen MR) is 165 cm³/mol. The topological polar surface area (TPSA) is 204 Å². The van der Waals surface area contributed by atoms with Gasteiger partial charge in [0.15, 0.2) is 34.9 Å². The third-order valence-corrected chi connectivity index (χ3v) is 8.06. The van der Waals surface area contributed by atoms with Gasteiger partial charge in [-0.3, -0.25) is 22.5 Å². The molecule has 3 heterocycles. The lowest BCUT2D eigenvalue weighted by molar-refractivity contribution is -0.159. The Labute approximate surface area is 270 Å². The number of benzene rings is 2. The Morgan fingerprint density at radius 1 is 0.915 bits per heavy atom. The van der Waals surface area contributed by atoms with Crippen molar-refractivity contribution in [1.29, 1.82) is 0 Å². The molecule has 47 heavy (non-hydrogen) atoms. The number of imidazole rings is 1. The number of carbonyl (C=O) groups excluding carboxylic acids is 2. The summed E-state index contributed by atoms with van der Waals surface area (Å²) >= 11 is 0. The first kappa shape index (κ1) is 34.0. The summed E-state index contributed by atoms with van der Waals surface area (Å²) < 4.78 is 78.6. The number of anilines is 1. The minimum absolute atomic E-state index is 0.0635. The number of hydrogen-bond acceptors (Lipinski definition) is 14. The zero-order valence-corrected chi connectivity index (χ0v) is 27.0. The van der Waals surface area contributed by atoms with Crippen LogP contribution in [0.4, 0.5) is 5.82 Å². The van der Waals surface area contributed by atoms with E-state index in [4.69, 9.17) is 22.6 Å². The molecular formula is C29H31N5O11S2. The second-order valence-electron chi connectivity index (χ2n) is 10.7. The number of ether oxygens (including phenoxy) is 3. The van der Waals surface area contributed by atoms with Gasteiger partial charge in [0.25, 0.3) is 26.1 Å². The molecule has 1 N–H and O–H groups in total. The minimum atomic E-state index is -4.11. The van der Waals surface area contributed by atoms with Crippen LogP contribution in [0.15, 0.2) is 73.3 Å². The van der Waals surface area contributed by atoms with Crippen LogP contribution >= 0.6 is 0 Å². The number of aromatic nitrogens is 4. The van der Waals surface area contributed by atoms with Crippen LogP contribution in [-0.4, -0.2) is 91.8 Å². The first-order valence-corrected chi connectivity index (χ1v) is 17.6. The van der Waals surface area contributed by atoms with Crippen LogP contribution in [0.3, 0.4) is 0 Å². The molecule has 4 aromatic rings. The lowest BCUT2D eigenvalue weighted by atomic mass is 9.96. The molecule has 1 saturated heterocycles. The Kier molecular flexibility index (Phi) is 9.99. The molecule has 1 aliphatic heterocycles. The number of fused-ring (bicyclic) bond motifs is 1. The number of rotatable bonds is 13. The largest absolute Gasteiger partial charge is 0.455 e. The summed E-state index contributed by atoms with van der Waals surface area (Å²) in [5.74, 6) is -1.15. The van der Waals surface area contributed by atoms with Crippen LogP contribution in [-0.2, 0) is 54.2 Å². The van der Waals surface area contributed by atoms with E-state index in [0.717, 1.165) is 19.4 Å². The maximum absolute atomic E-state index is 12.9. The number of esters is 1. The van der Waals surface area contributed by atoms with Gasteiger partial charge in [0.05, 0.1) is 25.4 Å². The molecule has 5 rings (SSSR count). The second-order valence-corrected chi connectivity index (χ2v) is 14.0. The van der Waals surface area contributed by atoms with Crippen LogP contribution in [0.1, 0.15) is 29.1 Å². The molecule has 1 aliphatic rings. The van der Waals surface area contributed by atoms with E-state index >= 15 is 0 Å². The molecule has 2 aromatic carbocycles. The van der Waals surface area contributed by atoms with E-state index in [0.29, 0.717) is 11.1 Å². The molecule has 1 amide bonds. The number of nitrogens with zero attached hydrogens (tertiary/aromatic N) is 4. The number of amides is 1. The highest BCUT2D eigenvalue weighted by Crippen LogP contribution is 2.43. The molecule has 0 spiro atoms. The Hall–Kier alpha value is -4.33. The zero-order valence-electron chi connectivity index (χ0n) is 25.4. The highest BCUT2D eigenvalue weighted by atomic mass is 32.2. The third kappa shape index (κ3) is 8.34. The third-order valence-electron chi connectivity index (χ3n) is 6.96. The molecule has 0 bridgehead atoms. The lowest BCUT2D eigenvalue weighted by Crippen LogP contribution is -2.53. The molecular weight excluding hydrogens is 658 g/mol. The van der Waals surface area contributed by atoms with Gasteiger partial charge in [-0.05, 0) is 17.7 Å². The fourth-order valence-electron chi connectivity index (χ4n) is 4.94. The molecule has 0 saturated carbocycles. The van der Waals surface area contributed by atoms with Crippen LogP contribution in [0.25, 0.3) is 11.2 Å². The quantitative estimate of drug-likeness (QED) is 0.157. The molecule has 0 radical (unpaired) electrons. The van der Waals surface area contributed by atoms with E-state index in [1.165, 1.54) is 17.2 Å². The molecule has 18 heteroatoms. The van der Waals surface area contributed by atoms with Crippen molar-refractivity contribution in [2.75, 3.05) is 31.0 Å². The highest BCUT2D eigenvalue weighted by Gasteiger charge is 2.60. The number of carbonyl (C=O) groups is 2. The molecule has 0 unspecified atom stereocenters. The zero-order chi connectivity index (χ0) is 33.8. The normalized spacial score (nSPS) is 19.4. The summed E-state index contributed by atoms with van der Waals surface area (Å²) in [6.45, 7) is -0.498. The van der Waals surface area contributed by atoms with E-state index < -0.39 is 69.4 Å². The number of nitrogens with one attached hydrogen (secondary N) is 1. The maximum atomic E-state index is 12.9. The first-order valence-electron chi connectivity index (χ1n) is 14.0. The van der Waals surface area contributed by atoms with Crippen molar-refractivity contribution in [3.8, 4) is 0 Å². The molecule has 0 aliphatic carbocycles. The summed E-state index contributed by atoms with van der Waals surface area (Å²) in [6, 6.07) is 17.3. The van der Waals surface area contributed by atoms with Crippen molar-refractivity contribution in [2.24, 2.45) is 0 Å².